The van der Waals surface area contributed by atoms with Crippen LogP contribution in [-0.4, -0.2) is 36.3 Å². The van der Waals surface area contributed by atoms with E-state index in [1.165, 1.54) is 19.3 Å². The summed E-state index contributed by atoms with van der Waals surface area (Å²) in [5.74, 6) is 0.156. The molecule has 2 rings (SSSR count). The smallest absolute Gasteiger partial charge is 0.226 e. The normalized spacial score (nSPS) is 26.8. The van der Waals surface area contributed by atoms with Crippen molar-refractivity contribution in [2.45, 2.75) is 58.8 Å². The van der Waals surface area contributed by atoms with Gasteiger partial charge in [0, 0.05) is 32.0 Å². The van der Waals surface area contributed by atoms with Gasteiger partial charge in [0.2, 0.25) is 11.8 Å². The van der Waals surface area contributed by atoms with Gasteiger partial charge in [0.1, 0.15) is 0 Å². The summed E-state index contributed by atoms with van der Waals surface area (Å²) < 4.78 is 0. The van der Waals surface area contributed by atoms with Crippen LogP contribution in [0.4, 0.5) is 0 Å². The maximum Gasteiger partial charge on any atom is 0.226 e. The average molecular weight is 280 g/mol. The molecule has 2 aliphatic heterocycles. The molecule has 2 amide bonds. The predicted octanol–water partition coefficient (Wildman–Crippen LogP) is 2.33. The van der Waals surface area contributed by atoms with Crippen LogP contribution in [0.25, 0.3) is 0 Å². The molecule has 2 saturated heterocycles. The molecule has 114 valence electrons. The first-order valence-corrected chi connectivity index (χ1v) is 8.16. The molecular weight excluding hydrogens is 252 g/mol. The van der Waals surface area contributed by atoms with E-state index in [9.17, 15) is 9.59 Å². The van der Waals surface area contributed by atoms with E-state index in [1.54, 1.807) is 0 Å². The van der Waals surface area contributed by atoms with Crippen LogP contribution in [-0.2, 0) is 9.59 Å². The van der Waals surface area contributed by atoms with Crippen molar-refractivity contribution in [1.82, 2.24) is 10.2 Å². The Bertz CT molecular complexity index is 363. The lowest BCUT2D eigenvalue weighted by atomic mass is 9.76. The maximum atomic E-state index is 12.6. The van der Waals surface area contributed by atoms with Crippen LogP contribution in [0.3, 0.4) is 0 Å². The Balaban J connectivity index is 1.96. The van der Waals surface area contributed by atoms with Crippen molar-refractivity contribution in [3.8, 4) is 0 Å². The van der Waals surface area contributed by atoms with Gasteiger partial charge in [0.05, 0.1) is 0 Å². The van der Waals surface area contributed by atoms with Crippen molar-refractivity contribution in [3.63, 3.8) is 0 Å². The molecule has 4 heteroatoms. The van der Waals surface area contributed by atoms with E-state index in [0.717, 1.165) is 32.4 Å². The lowest BCUT2D eigenvalue weighted by molar-refractivity contribution is -0.140. The number of piperidine rings is 1. The topological polar surface area (TPSA) is 49.4 Å². The van der Waals surface area contributed by atoms with Gasteiger partial charge < -0.3 is 10.2 Å². The van der Waals surface area contributed by atoms with Gasteiger partial charge in [-0.15, -0.1) is 0 Å². The Hall–Kier alpha value is -1.06. The molecule has 1 atom stereocenters. The SMILES string of the molecule is CCC1(CC)CCCN(C(=O)C2CCNC(=O)C2)CC1. The van der Waals surface area contributed by atoms with Gasteiger partial charge in [0.25, 0.3) is 0 Å². The molecule has 20 heavy (non-hydrogen) atoms. The van der Waals surface area contributed by atoms with Crippen LogP contribution in [0, 0.1) is 11.3 Å². The second-order valence-electron chi connectivity index (χ2n) is 6.43. The van der Waals surface area contributed by atoms with Gasteiger partial charge in [-0.25, -0.2) is 0 Å². The van der Waals surface area contributed by atoms with Crippen molar-refractivity contribution < 1.29 is 9.59 Å². The number of carbonyl (C=O) groups excluding carboxylic acids is 2. The Morgan fingerprint density at radius 1 is 1.30 bits per heavy atom. The molecule has 0 radical (unpaired) electrons. The molecule has 0 aliphatic carbocycles. The summed E-state index contributed by atoms with van der Waals surface area (Å²) in [6.07, 6.45) is 7.04. The van der Waals surface area contributed by atoms with E-state index in [0.29, 0.717) is 18.4 Å². The third-order valence-corrected chi connectivity index (χ3v) is 5.45. The Morgan fingerprint density at radius 2 is 2.05 bits per heavy atom. The molecule has 2 heterocycles. The lowest BCUT2D eigenvalue weighted by Gasteiger charge is -2.31. The van der Waals surface area contributed by atoms with Crippen LogP contribution in [0.5, 0.6) is 0 Å². The third kappa shape index (κ3) is 3.33. The minimum absolute atomic E-state index is 0.0286. The molecular formula is C16H28N2O2. The lowest BCUT2D eigenvalue weighted by Crippen LogP contribution is -2.43. The second kappa shape index (κ2) is 6.59. The highest BCUT2D eigenvalue weighted by Gasteiger charge is 2.34. The minimum atomic E-state index is -0.0838. The number of hydrogen-bond donors (Lipinski definition) is 1. The zero-order valence-electron chi connectivity index (χ0n) is 12.9. The highest BCUT2D eigenvalue weighted by molar-refractivity contribution is 5.86. The zero-order valence-corrected chi connectivity index (χ0v) is 12.9. The van der Waals surface area contributed by atoms with Gasteiger partial charge >= 0.3 is 0 Å². The molecule has 2 aliphatic rings. The van der Waals surface area contributed by atoms with Crippen molar-refractivity contribution in [2.24, 2.45) is 11.3 Å². The van der Waals surface area contributed by atoms with E-state index in [2.05, 4.69) is 19.2 Å². The van der Waals surface area contributed by atoms with Crippen LogP contribution < -0.4 is 5.32 Å². The number of likely N-dealkylation sites (tertiary alicyclic amines) is 1. The molecule has 0 aromatic heterocycles. The summed E-state index contributed by atoms with van der Waals surface area (Å²) in [6.45, 7) is 6.94. The number of nitrogens with one attached hydrogen (secondary N) is 1. The number of rotatable bonds is 3. The second-order valence-corrected chi connectivity index (χ2v) is 6.43. The highest BCUT2D eigenvalue weighted by atomic mass is 16.2. The zero-order chi connectivity index (χ0) is 14.6. The third-order valence-electron chi connectivity index (χ3n) is 5.45. The Kier molecular flexibility index (Phi) is 5.06. The summed E-state index contributed by atoms with van der Waals surface area (Å²) in [6, 6.07) is 0. The van der Waals surface area contributed by atoms with E-state index in [-0.39, 0.29) is 17.7 Å². The van der Waals surface area contributed by atoms with E-state index < -0.39 is 0 Å². The standard InChI is InChI=1S/C16H28N2O2/c1-3-16(4-2)7-5-10-18(11-8-16)15(20)13-6-9-17-14(19)12-13/h13H,3-12H2,1-2H3,(H,17,19). The molecule has 4 nitrogen and oxygen atoms in total. The first kappa shape index (κ1) is 15.3. The molecule has 0 aromatic carbocycles. The van der Waals surface area contributed by atoms with Crippen LogP contribution in [0.1, 0.15) is 58.8 Å². The molecule has 1 unspecified atom stereocenters. The van der Waals surface area contributed by atoms with Gasteiger partial charge in [-0.05, 0) is 31.1 Å². The van der Waals surface area contributed by atoms with E-state index >= 15 is 0 Å². The quantitative estimate of drug-likeness (QED) is 0.862. The van der Waals surface area contributed by atoms with Gasteiger partial charge in [-0.2, -0.15) is 0 Å². The maximum absolute atomic E-state index is 12.6. The van der Waals surface area contributed by atoms with Gasteiger partial charge in [-0.3, -0.25) is 9.59 Å². The fraction of sp³-hybridized carbons (Fsp3) is 0.875. The number of hydrogen-bond acceptors (Lipinski definition) is 2. The molecule has 0 aromatic rings. The number of amides is 2. The molecule has 0 bridgehead atoms. The number of nitrogens with zero attached hydrogens (tertiary/aromatic N) is 1. The number of carbonyl (C=O) groups is 2. The van der Waals surface area contributed by atoms with Crippen molar-refractivity contribution in [3.05, 3.63) is 0 Å². The van der Waals surface area contributed by atoms with Gasteiger partial charge in [-0.1, -0.05) is 26.7 Å². The molecule has 1 N–H and O–H groups in total. The first-order chi connectivity index (χ1) is 9.60. The van der Waals surface area contributed by atoms with Crippen LogP contribution in [0.2, 0.25) is 0 Å². The first-order valence-electron chi connectivity index (χ1n) is 8.16. The van der Waals surface area contributed by atoms with Crippen molar-refractivity contribution in [2.75, 3.05) is 19.6 Å². The monoisotopic (exact) mass is 280 g/mol. The Morgan fingerprint density at radius 3 is 2.70 bits per heavy atom. The van der Waals surface area contributed by atoms with Crippen LogP contribution in [0.15, 0.2) is 0 Å². The summed E-state index contributed by atoms with van der Waals surface area (Å²) in [7, 11) is 0. The predicted molar refractivity (Wildman–Crippen MR) is 79.2 cm³/mol. The average Bonchev–Trinajstić information content (AvgIpc) is 2.69. The Labute approximate surface area is 122 Å². The van der Waals surface area contributed by atoms with Crippen molar-refractivity contribution in [1.29, 1.82) is 0 Å². The van der Waals surface area contributed by atoms with E-state index in [4.69, 9.17) is 0 Å². The van der Waals surface area contributed by atoms with E-state index in [1.807, 2.05) is 4.90 Å². The summed E-state index contributed by atoms with van der Waals surface area (Å²) in [5.41, 5.74) is 0.430. The van der Waals surface area contributed by atoms with Gasteiger partial charge in [0.15, 0.2) is 0 Å². The molecule has 0 spiro atoms. The summed E-state index contributed by atoms with van der Waals surface area (Å²) in [5, 5.41) is 2.80. The fourth-order valence-electron chi connectivity index (χ4n) is 3.68. The molecule has 0 saturated carbocycles. The fourth-order valence-corrected chi connectivity index (χ4v) is 3.68. The minimum Gasteiger partial charge on any atom is -0.356 e. The summed E-state index contributed by atoms with van der Waals surface area (Å²) in [4.78, 5) is 26.1. The van der Waals surface area contributed by atoms with Crippen molar-refractivity contribution >= 4 is 11.8 Å². The summed E-state index contributed by atoms with van der Waals surface area (Å²) >= 11 is 0. The largest absolute Gasteiger partial charge is 0.356 e. The molecule has 2 fully saturated rings. The van der Waals surface area contributed by atoms with Crippen LogP contribution >= 0.6 is 0 Å². The highest BCUT2D eigenvalue weighted by Crippen LogP contribution is 2.38.